The Labute approximate surface area is 372 Å². The summed E-state index contributed by atoms with van der Waals surface area (Å²) < 4.78 is 79.6. The minimum Gasteiger partial charge on any atom is -0.480 e. The molecule has 1 aromatic heterocycles. The summed E-state index contributed by atoms with van der Waals surface area (Å²) in [5, 5.41) is 15.7. The number of nitrogens with zero attached hydrogens (tertiary/aromatic N) is 4. The predicted octanol–water partition coefficient (Wildman–Crippen LogP) is 7.03. The number of methoxy groups -OCH3 is 1. The van der Waals surface area contributed by atoms with Gasteiger partial charge in [-0.1, -0.05) is 43.1 Å². The van der Waals surface area contributed by atoms with Gasteiger partial charge in [0.25, 0.3) is 0 Å². The lowest BCUT2D eigenvalue weighted by Gasteiger charge is -2.43. The number of carbonyl (C=O) groups excluding carboxylic acids is 1. The number of halogens is 4. The first-order valence-corrected chi connectivity index (χ1v) is 23.4. The van der Waals surface area contributed by atoms with Crippen LogP contribution in [-0.4, -0.2) is 102 Å². The number of amides is 2. The van der Waals surface area contributed by atoms with Crippen LogP contribution < -0.4 is 30.9 Å². The predicted molar refractivity (Wildman–Crippen MR) is 234 cm³/mol. The molecule has 3 unspecified atom stereocenters. The van der Waals surface area contributed by atoms with Crippen molar-refractivity contribution < 1.29 is 60.4 Å². The number of rotatable bonds is 13. The molecule has 4 aromatic rings. The van der Waals surface area contributed by atoms with E-state index in [-0.39, 0.29) is 55.8 Å². The van der Waals surface area contributed by atoms with Gasteiger partial charge in [-0.3, -0.25) is 18.9 Å². The van der Waals surface area contributed by atoms with Crippen LogP contribution in [0.25, 0.3) is 5.69 Å². The van der Waals surface area contributed by atoms with Gasteiger partial charge in [-0.25, -0.2) is 27.6 Å². The Kier molecular flexibility index (Phi) is 17.7. The normalized spacial score (nSPS) is 16.7. The summed E-state index contributed by atoms with van der Waals surface area (Å²) in [6.45, 7) is 5.64. The van der Waals surface area contributed by atoms with Crippen molar-refractivity contribution in [3.05, 3.63) is 86.5 Å². The summed E-state index contributed by atoms with van der Waals surface area (Å²) in [5.74, 6) is 0.0229. The van der Waals surface area contributed by atoms with Crippen LogP contribution in [0.1, 0.15) is 51.6 Å². The standard InChI is InChI=1S/C22H28N2O5.C11H10Cl2F2N4O3S.C5H12NO4P/c1-21(2)14-22(3,26-5)29-19-13-17(11-12-18(19)21)28-16-9-7-15(8-10-16)23-20(25)24(4)27-6;1-5-16-19(11(20)18(5)10(14)15)9-4-8(17-23(2,21)22)6(12)3-7(9)13;1-11(9,10)3-2-4(6)5(7)8/h7-13H,14H2,1-6H3,(H,23,25);3-4,10,17H,1-2H3;4H,2-3,6H2,1H3,(H,7,8)(H,9,10). The molecule has 63 heavy (non-hydrogen) atoms. The molecule has 0 saturated heterocycles. The molecule has 25 heteroatoms. The van der Waals surface area contributed by atoms with E-state index in [9.17, 15) is 36.1 Å². The molecular formula is C38H50Cl2F2N7O12PS. The molecule has 0 radical (unpaired) electrons. The number of hydroxylamine groups is 2. The minimum absolute atomic E-state index is 0.0257. The third-order valence-electron chi connectivity index (χ3n) is 9.01. The highest BCUT2D eigenvalue weighted by molar-refractivity contribution is 7.92. The van der Waals surface area contributed by atoms with E-state index in [0.29, 0.717) is 21.9 Å². The number of alkyl halides is 2. The molecule has 0 aliphatic carbocycles. The molecule has 0 bridgehead atoms. The molecule has 6 N–H and O–H groups in total. The fraction of sp³-hybridized carbons (Fsp3) is 0.421. The number of aliphatic carboxylic acids is 1. The SMILES string of the molecule is CON(C)C(=O)Nc1ccc(Oc2ccc3c(c2)OC(C)(OC)CC3(C)C)cc1.CP(=O)(O)CCC(N)C(=O)O.Cc1nn(-c2cc(NS(C)(=O)=O)c(Cl)cc2Cl)c(=O)n1C(F)F. The number of carboxylic acid groups (broad SMARTS) is 1. The lowest BCUT2D eigenvalue weighted by molar-refractivity contribution is -0.172. The molecule has 3 atom stereocenters. The van der Waals surface area contributed by atoms with Crippen molar-refractivity contribution in [1.29, 1.82) is 0 Å². The minimum atomic E-state index is -3.65. The van der Waals surface area contributed by atoms with E-state index < -0.39 is 47.4 Å². The quantitative estimate of drug-likeness (QED) is 0.0666. The van der Waals surface area contributed by atoms with Gasteiger partial charge in [-0.2, -0.15) is 13.5 Å². The summed E-state index contributed by atoms with van der Waals surface area (Å²) in [4.78, 5) is 47.6. The zero-order valence-electron chi connectivity index (χ0n) is 35.7. The second-order valence-corrected chi connectivity index (χ2v) is 20.1. The second kappa shape index (κ2) is 21.3. The van der Waals surface area contributed by atoms with E-state index in [2.05, 4.69) is 29.0 Å². The van der Waals surface area contributed by atoms with Crippen molar-refractivity contribution in [2.45, 2.75) is 64.3 Å². The number of nitrogens with two attached hydrogens (primary N) is 1. The molecule has 0 fully saturated rings. The van der Waals surface area contributed by atoms with Crippen LogP contribution >= 0.6 is 30.6 Å². The van der Waals surface area contributed by atoms with Gasteiger partial charge in [0, 0.05) is 57.6 Å². The molecule has 2 amide bonds. The van der Waals surface area contributed by atoms with Gasteiger partial charge in [0.2, 0.25) is 15.8 Å². The molecule has 19 nitrogen and oxygen atoms in total. The number of sulfonamides is 1. The fourth-order valence-corrected chi connectivity index (χ4v) is 7.75. The van der Waals surface area contributed by atoms with Crippen LogP contribution in [0.3, 0.4) is 0 Å². The average molecular weight is 969 g/mol. The van der Waals surface area contributed by atoms with Crippen LogP contribution in [0.5, 0.6) is 17.2 Å². The zero-order chi connectivity index (χ0) is 47.8. The number of urea groups is 1. The van der Waals surface area contributed by atoms with Crippen LogP contribution in [0.4, 0.5) is 25.0 Å². The number of hydrogen-bond acceptors (Lipinski definition) is 12. The van der Waals surface area contributed by atoms with Gasteiger partial charge in [0.1, 0.15) is 29.1 Å². The van der Waals surface area contributed by atoms with Crippen molar-refractivity contribution in [1.82, 2.24) is 19.4 Å². The highest BCUT2D eigenvalue weighted by Crippen LogP contribution is 2.46. The summed E-state index contributed by atoms with van der Waals surface area (Å²) in [7, 11) is -2.14. The number of fused-ring (bicyclic) bond motifs is 1. The van der Waals surface area contributed by atoms with Crippen LogP contribution in [0.15, 0.2) is 59.4 Å². The molecule has 3 aromatic carbocycles. The van der Waals surface area contributed by atoms with Crippen LogP contribution in [-0.2, 0) is 34.4 Å². The number of carbonyl (C=O) groups is 2. The van der Waals surface area contributed by atoms with E-state index in [1.165, 1.54) is 33.8 Å². The Morgan fingerprint density at radius 2 is 1.68 bits per heavy atom. The van der Waals surface area contributed by atoms with Crippen LogP contribution in [0, 0.1) is 6.92 Å². The highest BCUT2D eigenvalue weighted by atomic mass is 35.5. The maximum absolute atomic E-state index is 12.8. The Morgan fingerprint density at radius 1 is 1.08 bits per heavy atom. The van der Waals surface area contributed by atoms with E-state index >= 15 is 0 Å². The Balaban J connectivity index is 0.000000277. The molecule has 348 valence electrons. The number of aryl methyl sites for hydroxylation is 1. The summed E-state index contributed by atoms with van der Waals surface area (Å²) in [5.41, 5.74) is 5.50. The number of anilines is 2. The third-order valence-corrected chi connectivity index (χ3v) is 11.3. The highest BCUT2D eigenvalue weighted by Gasteiger charge is 2.42. The maximum atomic E-state index is 12.8. The fourth-order valence-electron chi connectivity index (χ4n) is 5.86. The first-order chi connectivity index (χ1) is 29.0. The lowest BCUT2D eigenvalue weighted by Crippen LogP contribution is -2.45. The van der Waals surface area contributed by atoms with Gasteiger partial charge in [0.15, 0.2) is 7.37 Å². The molecule has 5 rings (SSSR count). The largest absolute Gasteiger partial charge is 0.480 e. The van der Waals surface area contributed by atoms with Crippen molar-refractivity contribution in [3.8, 4) is 22.9 Å². The molecule has 1 aliphatic rings. The number of aromatic nitrogens is 3. The Bertz CT molecular complexity index is 2490. The molecule has 2 heterocycles. The number of nitrogens with one attached hydrogen (secondary N) is 2. The van der Waals surface area contributed by atoms with Gasteiger partial charge >= 0.3 is 24.2 Å². The van der Waals surface area contributed by atoms with Crippen molar-refractivity contribution in [3.63, 3.8) is 0 Å². The summed E-state index contributed by atoms with van der Waals surface area (Å²) in [6, 6.07) is 13.9. The van der Waals surface area contributed by atoms with Crippen molar-refractivity contribution in [2.24, 2.45) is 5.73 Å². The average Bonchev–Trinajstić information content (AvgIpc) is 3.47. The number of hydrogen-bond donors (Lipinski definition) is 5. The lowest BCUT2D eigenvalue weighted by atomic mass is 9.76. The van der Waals surface area contributed by atoms with E-state index in [1.54, 1.807) is 31.4 Å². The van der Waals surface area contributed by atoms with E-state index in [4.69, 9.17) is 58.0 Å². The third kappa shape index (κ3) is 15.2. The van der Waals surface area contributed by atoms with E-state index in [1.807, 2.05) is 25.1 Å². The number of ether oxygens (including phenoxy) is 3. The molecule has 0 spiro atoms. The first-order valence-electron chi connectivity index (χ1n) is 18.5. The summed E-state index contributed by atoms with van der Waals surface area (Å²) >= 11 is 11.8. The summed E-state index contributed by atoms with van der Waals surface area (Å²) in [6.07, 6.45) is 1.66. The maximum Gasteiger partial charge on any atom is 0.355 e. The first kappa shape index (κ1) is 52.5. The smallest absolute Gasteiger partial charge is 0.355 e. The van der Waals surface area contributed by atoms with Crippen molar-refractivity contribution >= 4 is 64.0 Å². The monoisotopic (exact) mass is 967 g/mol. The van der Waals surface area contributed by atoms with Gasteiger partial charge in [0.05, 0.1) is 34.8 Å². The molecular weight excluding hydrogens is 918 g/mol. The number of carboxylic acids is 1. The number of benzene rings is 3. The molecule has 1 aliphatic heterocycles. The molecule has 0 saturated carbocycles. The Hall–Kier alpha value is -4.80. The van der Waals surface area contributed by atoms with Crippen molar-refractivity contribution in [2.75, 3.05) is 50.4 Å². The van der Waals surface area contributed by atoms with Gasteiger partial charge in [-0.05, 0) is 61.2 Å². The Morgan fingerprint density at radius 3 is 2.19 bits per heavy atom. The van der Waals surface area contributed by atoms with E-state index in [0.717, 1.165) is 35.1 Å². The van der Waals surface area contributed by atoms with Gasteiger partial charge in [-0.15, -0.1) is 5.10 Å². The second-order valence-electron chi connectivity index (χ2n) is 15.0. The van der Waals surface area contributed by atoms with Crippen LogP contribution in [0.2, 0.25) is 10.0 Å². The topological polar surface area (TPSA) is 256 Å². The zero-order valence-corrected chi connectivity index (χ0v) is 38.9. The van der Waals surface area contributed by atoms with Gasteiger partial charge < -0.3 is 35.3 Å².